The monoisotopic (exact) mass is 406 g/mol. The van der Waals surface area contributed by atoms with Gasteiger partial charge in [-0.25, -0.2) is 0 Å². The summed E-state index contributed by atoms with van der Waals surface area (Å²) in [6.07, 6.45) is -0.238. The second kappa shape index (κ2) is 6.27. The number of nitrogens with zero attached hydrogens (tertiary/aromatic N) is 1. The van der Waals surface area contributed by atoms with E-state index in [1.165, 1.54) is 4.90 Å². The van der Waals surface area contributed by atoms with E-state index in [1.807, 2.05) is 26.8 Å². The molecular formula is C20H25ClN3O4+. The van der Waals surface area contributed by atoms with E-state index in [-0.39, 0.29) is 23.8 Å². The lowest BCUT2D eigenvalue weighted by molar-refractivity contribution is -0.738. The maximum Gasteiger partial charge on any atom is 0.291 e. The molecule has 4 N–H and O–H groups in total. The number of likely N-dealkylation sites (tertiary alicyclic amines) is 1. The van der Waals surface area contributed by atoms with Crippen molar-refractivity contribution in [2.75, 3.05) is 5.32 Å². The van der Waals surface area contributed by atoms with Crippen molar-refractivity contribution >= 4 is 35.0 Å². The minimum absolute atomic E-state index is 0.262. The van der Waals surface area contributed by atoms with Crippen molar-refractivity contribution in [1.29, 1.82) is 0 Å². The molecule has 8 heteroatoms. The van der Waals surface area contributed by atoms with E-state index in [0.29, 0.717) is 22.7 Å². The van der Waals surface area contributed by atoms with Gasteiger partial charge < -0.3 is 15.7 Å². The first-order valence-electron chi connectivity index (χ1n) is 9.68. The maximum absolute atomic E-state index is 13.4. The van der Waals surface area contributed by atoms with E-state index in [2.05, 4.69) is 5.32 Å². The Hall–Kier alpha value is -1.96. The predicted octanol–water partition coefficient (Wildman–Crippen LogP) is 0.522. The number of aliphatic hydroxyl groups excluding tert-OH is 1. The van der Waals surface area contributed by atoms with Gasteiger partial charge in [0, 0.05) is 11.6 Å². The number of nitrogens with one attached hydrogen (secondary N) is 1. The van der Waals surface area contributed by atoms with Gasteiger partial charge in [-0.2, -0.15) is 0 Å². The molecule has 150 valence electrons. The highest BCUT2D eigenvalue weighted by atomic mass is 35.5. The van der Waals surface area contributed by atoms with E-state index < -0.39 is 29.5 Å². The Labute approximate surface area is 168 Å². The molecule has 1 aromatic carbocycles. The van der Waals surface area contributed by atoms with Crippen LogP contribution in [-0.2, 0) is 19.9 Å². The molecule has 28 heavy (non-hydrogen) atoms. The number of halogens is 1. The number of aliphatic hydroxyl groups is 1. The number of hydrogen-bond acceptors (Lipinski definition) is 4. The number of aryl methyl sites for hydroxylation is 1. The zero-order chi connectivity index (χ0) is 20.5. The Balaban J connectivity index is 1.94. The number of quaternary nitrogens is 1. The van der Waals surface area contributed by atoms with Crippen LogP contribution in [-0.4, -0.2) is 45.9 Å². The molecule has 3 aliphatic heterocycles. The van der Waals surface area contributed by atoms with Crippen molar-refractivity contribution in [3.63, 3.8) is 0 Å². The van der Waals surface area contributed by atoms with Crippen LogP contribution in [0.4, 0.5) is 5.69 Å². The van der Waals surface area contributed by atoms with Gasteiger partial charge in [0.15, 0.2) is 0 Å². The number of hydrogen-bond donors (Lipinski definition) is 3. The Morgan fingerprint density at radius 1 is 1.29 bits per heavy atom. The number of amides is 3. The van der Waals surface area contributed by atoms with E-state index in [9.17, 15) is 19.5 Å². The molecule has 1 aromatic rings. The molecule has 4 rings (SSSR count). The Morgan fingerprint density at radius 3 is 2.57 bits per heavy atom. The van der Waals surface area contributed by atoms with Crippen LogP contribution in [0.2, 0.25) is 5.02 Å². The second-order valence-corrected chi connectivity index (χ2v) is 8.69. The first-order valence-corrected chi connectivity index (χ1v) is 10.1. The molecule has 2 saturated heterocycles. The zero-order valence-corrected chi connectivity index (χ0v) is 17.1. The number of rotatable bonds is 3. The number of fused-ring (bicyclic) bond motifs is 4. The predicted molar refractivity (Wildman–Crippen MR) is 102 cm³/mol. The normalized spacial score (nSPS) is 33.3. The van der Waals surface area contributed by atoms with Crippen molar-refractivity contribution in [1.82, 2.24) is 4.90 Å². The topological polar surface area (TPSA) is 103 Å². The van der Waals surface area contributed by atoms with Crippen molar-refractivity contribution in [2.24, 2.45) is 11.8 Å². The first kappa shape index (κ1) is 19.4. The Morgan fingerprint density at radius 2 is 1.96 bits per heavy atom. The molecular weight excluding hydrogens is 382 g/mol. The van der Waals surface area contributed by atoms with Gasteiger partial charge in [0.05, 0.1) is 10.7 Å². The van der Waals surface area contributed by atoms with Gasteiger partial charge >= 0.3 is 0 Å². The van der Waals surface area contributed by atoms with Crippen LogP contribution < -0.4 is 10.6 Å². The molecule has 0 radical (unpaired) electrons. The summed E-state index contributed by atoms with van der Waals surface area (Å²) in [6.45, 7) is 7.20. The minimum atomic E-state index is -1.30. The van der Waals surface area contributed by atoms with Crippen LogP contribution in [0, 0.1) is 18.8 Å². The maximum atomic E-state index is 13.4. The van der Waals surface area contributed by atoms with Gasteiger partial charge in [-0.1, -0.05) is 18.5 Å². The molecule has 6 atom stereocenters. The minimum Gasteiger partial charge on any atom is -0.387 e. The average Bonchev–Trinajstić information content (AvgIpc) is 3.21. The standard InChI is InChI=1S/C20H24ClN3O4/c1-5-9(3)24-17(26)13-14(18(24)27)20(23-15(13)10(4)25)11-6-8(2)7-12(21)16(11)22-19(20)28/h6-7,9-10,13-15,23,25H,5H2,1-4H3,(H,22,28)/p+1/t9-,10+,13-,14-,15-,20-/m0/s1. The number of carbonyl (C=O) groups excluding carboxylic acids is 3. The molecule has 3 amide bonds. The van der Waals surface area contributed by atoms with Crippen molar-refractivity contribution in [3.05, 3.63) is 28.3 Å². The van der Waals surface area contributed by atoms with Gasteiger partial charge in [0.1, 0.15) is 24.0 Å². The SMILES string of the molecule is CC[C@H](C)N1C(=O)[C@@H]2[C@H]([C@@H](C)O)[NH2+][C@]3(C(=O)Nc4c(Cl)cc(C)cc43)[C@@H]2C1=O. The zero-order valence-electron chi connectivity index (χ0n) is 16.3. The molecule has 7 nitrogen and oxygen atoms in total. The second-order valence-electron chi connectivity index (χ2n) is 8.28. The third-order valence-electron chi connectivity index (χ3n) is 6.63. The van der Waals surface area contributed by atoms with Crippen molar-refractivity contribution < 1.29 is 24.8 Å². The highest BCUT2D eigenvalue weighted by Gasteiger charge is 2.75. The lowest BCUT2D eigenvalue weighted by Gasteiger charge is -2.29. The molecule has 3 heterocycles. The van der Waals surface area contributed by atoms with Gasteiger partial charge in [0.25, 0.3) is 5.91 Å². The van der Waals surface area contributed by atoms with Gasteiger partial charge in [-0.05, 0) is 44.9 Å². The fraction of sp³-hybridized carbons (Fsp3) is 0.550. The number of imide groups is 1. The highest BCUT2D eigenvalue weighted by Crippen LogP contribution is 2.51. The van der Waals surface area contributed by atoms with E-state index >= 15 is 0 Å². The summed E-state index contributed by atoms with van der Waals surface area (Å²) in [6, 6.07) is 2.75. The van der Waals surface area contributed by atoms with Gasteiger partial charge in [0.2, 0.25) is 17.4 Å². The van der Waals surface area contributed by atoms with Crippen LogP contribution >= 0.6 is 11.6 Å². The average molecular weight is 407 g/mol. The summed E-state index contributed by atoms with van der Waals surface area (Å²) < 4.78 is 0. The number of anilines is 1. The highest BCUT2D eigenvalue weighted by molar-refractivity contribution is 6.35. The Kier molecular flexibility index (Phi) is 4.34. The Bertz CT molecular complexity index is 902. The third-order valence-corrected chi connectivity index (χ3v) is 6.93. The summed E-state index contributed by atoms with van der Waals surface area (Å²) in [4.78, 5) is 41.2. The summed E-state index contributed by atoms with van der Waals surface area (Å²) in [7, 11) is 0. The van der Waals surface area contributed by atoms with Crippen molar-refractivity contribution in [3.8, 4) is 0 Å². The molecule has 2 fully saturated rings. The molecule has 0 aliphatic carbocycles. The fourth-order valence-corrected chi connectivity index (χ4v) is 5.48. The summed E-state index contributed by atoms with van der Waals surface area (Å²) in [5.41, 5.74) is 0.667. The number of benzene rings is 1. The smallest absolute Gasteiger partial charge is 0.291 e. The summed E-state index contributed by atoms with van der Waals surface area (Å²) in [5.74, 6) is -2.63. The molecule has 0 saturated carbocycles. The molecule has 0 aromatic heterocycles. The molecule has 0 bridgehead atoms. The number of nitrogens with two attached hydrogens (primary N) is 1. The van der Waals surface area contributed by atoms with Crippen LogP contribution in [0.1, 0.15) is 38.3 Å². The van der Waals surface area contributed by atoms with E-state index in [0.717, 1.165) is 5.56 Å². The molecule has 3 aliphatic rings. The third kappa shape index (κ3) is 2.27. The van der Waals surface area contributed by atoms with Gasteiger partial charge in [-0.15, -0.1) is 0 Å². The summed E-state index contributed by atoms with van der Waals surface area (Å²) >= 11 is 6.37. The molecule has 1 spiro atoms. The van der Waals surface area contributed by atoms with Gasteiger partial charge in [-0.3, -0.25) is 19.3 Å². The van der Waals surface area contributed by atoms with Crippen LogP contribution in [0.3, 0.4) is 0 Å². The van der Waals surface area contributed by atoms with Crippen molar-refractivity contribution in [2.45, 2.75) is 57.8 Å². The van der Waals surface area contributed by atoms with Crippen LogP contribution in [0.15, 0.2) is 12.1 Å². The first-order chi connectivity index (χ1) is 13.1. The quantitative estimate of drug-likeness (QED) is 0.637. The van der Waals surface area contributed by atoms with Crippen LogP contribution in [0.25, 0.3) is 0 Å². The van der Waals surface area contributed by atoms with E-state index in [4.69, 9.17) is 11.6 Å². The number of carbonyl (C=O) groups is 3. The lowest BCUT2D eigenvalue weighted by atomic mass is 9.76. The summed E-state index contributed by atoms with van der Waals surface area (Å²) in [5, 5.41) is 15.3. The lowest BCUT2D eigenvalue weighted by Crippen LogP contribution is -3.00. The van der Waals surface area contributed by atoms with Crippen LogP contribution in [0.5, 0.6) is 0 Å². The fourth-order valence-electron chi connectivity index (χ4n) is 5.16. The largest absolute Gasteiger partial charge is 0.387 e. The molecule has 0 unspecified atom stereocenters. The van der Waals surface area contributed by atoms with E-state index in [1.54, 1.807) is 18.3 Å².